The smallest absolute Gasteiger partial charge is 0.338 e. The number of halogens is 2. The summed E-state index contributed by atoms with van der Waals surface area (Å²) in [4.78, 5) is 24.3. The van der Waals surface area contributed by atoms with E-state index in [2.05, 4.69) is 56.1 Å². The van der Waals surface area contributed by atoms with Crippen LogP contribution < -0.4 is 0 Å². The first-order valence-electron chi connectivity index (χ1n) is 11.3. The Morgan fingerprint density at radius 2 is 0.889 bits per heavy atom. The number of carbonyl (C=O) groups is 2. The summed E-state index contributed by atoms with van der Waals surface area (Å²) >= 11 is 7.68. The maximum atomic E-state index is 12.2. The van der Waals surface area contributed by atoms with Gasteiger partial charge >= 0.3 is 11.9 Å². The molecule has 4 nitrogen and oxygen atoms in total. The predicted octanol–water partition coefficient (Wildman–Crippen LogP) is 8.17. The third-order valence-electron chi connectivity index (χ3n) is 6.00. The topological polar surface area (TPSA) is 52.6 Å². The normalized spacial score (nSPS) is 12.4. The van der Waals surface area contributed by atoms with Gasteiger partial charge in [-0.05, 0) is 45.5 Å². The van der Waals surface area contributed by atoms with Crippen LogP contribution >= 0.6 is 31.9 Å². The van der Waals surface area contributed by atoms with E-state index >= 15 is 0 Å². The third kappa shape index (κ3) is 5.45. The van der Waals surface area contributed by atoms with Crippen molar-refractivity contribution in [2.75, 3.05) is 14.2 Å². The largest absolute Gasteiger partial charge is 0.465 e. The first-order chi connectivity index (χ1) is 17.4. The van der Waals surface area contributed by atoms with Gasteiger partial charge in [-0.1, -0.05) is 117 Å². The molecule has 0 saturated carbocycles. The highest BCUT2D eigenvalue weighted by Gasteiger charge is 2.21. The Morgan fingerprint density at radius 1 is 0.556 bits per heavy atom. The van der Waals surface area contributed by atoms with Crippen molar-refractivity contribution in [3.63, 3.8) is 0 Å². The fourth-order valence-corrected chi connectivity index (χ4v) is 5.30. The predicted molar refractivity (Wildman–Crippen MR) is 150 cm³/mol. The van der Waals surface area contributed by atoms with Crippen molar-refractivity contribution in [1.29, 1.82) is 0 Å². The van der Waals surface area contributed by atoms with Crippen molar-refractivity contribution in [1.82, 2.24) is 0 Å². The highest BCUT2D eigenvalue weighted by atomic mass is 79.9. The molecule has 182 valence electrons. The lowest BCUT2D eigenvalue weighted by molar-refractivity contribution is 0.0592. The van der Waals surface area contributed by atoms with Crippen LogP contribution in [-0.2, 0) is 9.47 Å². The molecule has 6 heteroatoms. The second-order valence-corrected chi connectivity index (χ2v) is 10.1. The van der Waals surface area contributed by atoms with Crippen molar-refractivity contribution in [2.45, 2.75) is 9.65 Å². The highest BCUT2D eigenvalue weighted by molar-refractivity contribution is 9.12. The standard InChI is InChI=1S/C30H24Br2O4/c1-35-29(33)25-9-5-3-7-23(25)19-11-15-21(16-12-19)27(31)28(32)22-17-13-20(14-18-22)24-8-4-6-10-26(24)30(34)36-2/h3-18,27-28H,1-2H3/t27-,28+. The SMILES string of the molecule is COC(=O)c1ccccc1-c1ccc([C@@H](Br)[C@@H](Br)c2ccc(-c3ccccc3C(=O)OC)cc2)cc1. The van der Waals surface area contributed by atoms with Crippen molar-refractivity contribution < 1.29 is 19.1 Å². The van der Waals surface area contributed by atoms with E-state index in [0.717, 1.165) is 33.4 Å². The molecule has 0 spiro atoms. The van der Waals surface area contributed by atoms with Gasteiger partial charge in [0.1, 0.15) is 0 Å². The molecule has 2 atom stereocenters. The van der Waals surface area contributed by atoms with Crippen LogP contribution in [0.4, 0.5) is 0 Å². The third-order valence-corrected chi connectivity index (χ3v) is 8.83. The van der Waals surface area contributed by atoms with Gasteiger partial charge in [-0.3, -0.25) is 0 Å². The Labute approximate surface area is 227 Å². The van der Waals surface area contributed by atoms with E-state index in [0.29, 0.717) is 11.1 Å². The Kier molecular flexibility index (Phi) is 8.39. The number of carbonyl (C=O) groups excluding carboxylic acids is 2. The van der Waals surface area contributed by atoms with Crippen molar-refractivity contribution >= 4 is 43.8 Å². The van der Waals surface area contributed by atoms with E-state index in [-0.39, 0.29) is 21.6 Å². The molecule has 0 amide bonds. The van der Waals surface area contributed by atoms with Gasteiger partial charge in [0.15, 0.2) is 0 Å². The maximum Gasteiger partial charge on any atom is 0.338 e. The second kappa shape index (κ2) is 11.7. The van der Waals surface area contributed by atoms with Gasteiger partial charge in [0, 0.05) is 0 Å². The summed E-state index contributed by atoms with van der Waals surface area (Å²) in [5.74, 6) is -0.711. The van der Waals surface area contributed by atoms with Crippen LogP contribution in [0.1, 0.15) is 41.5 Å². The summed E-state index contributed by atoms with van der Waals surface area (Å²) in [7, 11) is 2.77. The summed E-state index contributed by atoms with van der Waals surface area (Å²) in [6.45, 7) is 0. The van der Waals surface area contributed by atoms with E-state index < -0.39 is 0 Å². The quantitative estimate of drug-likeness (QED) is 0.157. The molecule has 0 heterocycles. The molecule has 0 aliphatic heterocycles. The molecule has 0 N–H and O–H groups in total. The lowest BCUT2D eigenvalue weighted by atomic mass is 9.95. The van der Waals surface area contributed by atoms with Gasteiger partial charge < -0.3 is 9.47 Å². The van der Waals surface area contributed by atoms with Gasteiger partial charge in [0.05, 0.1) is 35.0 Å². The van der Waals surface area contributed by atoms with Crippen LogP contribution in [0, 0.1) is 0 Å². The zero-order chi connectivity index (χ0) is 25.7. The van der Waals surface area contributed by atoms with Crippen LogP contribution in [-0.4, -0.2) is 26.2 Å². The Hall–Kier alpha value is -3.22. The van der Waals surface area contributed by atoms with Gasteiger partial charge in [-0.15, -0.1) is 0 Å². The molecule has 0 radical (unpaired) electrons. The summed E-state index contributed by atoms with van der Waals surface area (Å²) in [5.41, 5.74) is 6.82. The molecule has 36 heavy (non-hydrogen) atoms. The molecule has 4 rings (SSSR count). The molecular weight excluding hydrogens is 584 g/mol. The second-order valence-electron chi connectivity index (χ2n) is 8.12. The molecular formula is C30H24Br2O4. The number of methoxy groups -OCH3 is 2. The lowest BCUT2D eigenvalue weighted by Crippen LogP contribution is -2.04. The number of esters is 2. The van der Waals surface area contributed by atoms with E-state index in [4.69, 9.17) is 9.47 Å². The first kappa shape index (κ1) is 25.9. The number of rotatable bonds is 7. The van der Waals surface area contributed by atoms with Gasteiger partial charge in [-0.25, -0.2) is 9.59 Å². The van der Waals surface area contributed by atoms with Gasteiger partial charge in [-0.2, -0.15) is 0 Å². The number of hydrogen-bond acceptors (Lipinski definition) is 4. The fourth-order valence-electron chi connectivity index (χ4n) is 4.08. The van der Waals surface area contributed by atoms with Crippen molar-refractivity contribution in [2.24, 2.45) is 0 Å². The molecule has 0 aromatic heterocycles. The van der Waals surface area contributed by atoms with Crippen LogP contribution in [0.15, 0.2) is 97.1 Å². The first-order valence-corrected chi connectivity index (χ1v) is 13.1. The minimum Gasteiger partial charge on any atom is -0.465 e. The van der Waals surface area contributed by atoms with E-state index in [1.54, 1.807) is 12.1 Å². The van der Waals surface area contributed by atoms with E-state index in [9.17, 15) is 9.59 Å². The zero-order valence-corrected chi connectivity index (χ0v) is 23.0. The monoisotopic (exact) mass is 606 g/mol. The Balaban J connectivity index is 1.54. The van der Waals surface area contributed by atoms with Crippen LogP contribution in [0.5, 0.6) is 0 Å². The number of hydrogen-bond donors (Lipinski definition) is 0. The lowest BCUT2D eigenvalue weighted by Gasteiger charge is -2.19. The molecule has 0 unspecified atom stereocenters. The van der Waals surface area contributed by atoms with Gasteiger partial charge in [0.2, 0.25) is 0 Å². The number of benzene rings is 4. The summed E-state index contributed by atoms with van der Waals surface area (Å²) in [6, 6.07) is 31.1. The Bertz CT molecular complexity index is 1260. The van der Waals surface area contributed by atoms with Crippen LogP contribution in [0.2, 0.25) is 0 Å². The average Bonchev–Trinajstić information content (AvgIpc) is 2.95. The average molecular weight is 608 g/mol. The molecule has 0 aliphatic carbocycles. The Morgan fingerprint density at radius 3 is 1.22 bits per heavy atom. The summed E-state index contributed by atoms with van der Waals surface area (Å²) in [6.07, 6.45) is 0. The van der Waals surface area contributed by atoms with Crippen LogP contribution in [0.25, 0.3) is 22.3 Å². The minimum absolute atomic E-state index is 0.00982. The van der Waals surface area contributed by atoms with Crippen molar-refractivity contribution in [3.05, 3.63) is 119 Å². The van der Waals surface area contributed by atoms with Gasteiger partial charge in [0.25, 0.3) is 0 Å². The summed E-state index contributed by atoms with van der Waals surface area (Å²) in [5, 5.41) is 0. The molecule has 0 fully saturated rings. The molecule has 0 saturated heterocycles. The van der Waals surface area contributed by atoms with E-state index in [1.807, 2.05) is 60.7 Å². The number of alkyl halides is 2. The van der Waals surface area contributed by atoms with E-state index in [1.165, 1.54) is 14.2 Å². The minimum atomic E-state index is -0.355. The highest BCUT2D eigenvalue weighted by Crippen LogP contribution is 2.43. The molecule has 0 bridgehead atoms. The van der Waals surface area contributed by atoms with Crippen molar-refractivity contribution in [3.8, 4) is 22.3 Å². The number of ether oxygens (including phenoxy) is 2. The fraction of sp³-hybridized carbons (Fsp3) is 0.133. The maximum absolute atomic E-state index is 12.2. The zero-order valence-electron chi connectivity index (χ0n) is 19.8. The summed E-state index contributed by atoms with van der Waals surface area (Å²) < 4.78 is 9.85. The van der Waals surface area contributed by atoms with Crippen LogP contribution in [0.3, 0.4) is 0 Å². The molecule has 4 aromatic carbocycles. The molecule has 4 aromatic rings. The molecule has 0 aliphatic rings.